The highest BCUT2D eigenvalue weighted by Crippen LogP contribution is 2.39. The van der Waals surface area contributed by atoms with Crippen LogP contribution in [0.1, 0.15) is 87.9 Å². The highest BCUT2D eigenvalue weighted by atomic mass is 35.5. The minimum absolute atomic E-state index is 0. The molecule has 2 saturated carbocycles. The average Bonchev–Trinajstić information content (AvgIpc) is 3.14. The molecule has 5 heteroatoms. The van der Waals surface area contributed by atoms with Crippen molar-refractivity contribution in [1.82, 2.24) is 15.5 Å². The monoisotopic (exact) mass is 311 g/mol. The van der Waals surface area contributed by atoms with E-state index >= 15 is 0 Å². The molecule has 3 unspecified atom stereocenters. The molecule has 1 aromatic heterocycles. The lowest BCUT2D eigenvalue weighted by atomic mass is 9.85. The van der Waals surface area contributed by atoms with Crippen LogP contribution in [-0.2, 0) is 0 Å². The van der Waals surface area contributed by atoms with Crippen molar-refractivity contribution in [3.8, 4) is 0 Å². The van der Waals surface area contributed by atoms with E-state index in [0.717, 1.165) is 17.6 Å². The fourth-order valence-electron chi connectivity index (χ4n) is 4.43. The summed E-state index contributed by atoms with van der Waals surface area (Å²) in [4.78, 5) is 4.73. The van der Waals surface area contributed by atoms with E-state index < -0.39 is 0 Å². The maximum Gasteiger partial charge on any atom is 0.243 e. The van der Waals surface area contributed by atoms with Crippen LogP contribution in [0.2, 0.25) is 0 Å². The van der Waals surface area contributed by atoms with Gasteiger partial charge < -0.3 is 9.84 Å². The highest BCUT2D eigenvalue weighted by molar-refractivity contribution is 5.85. The molecule has 2 heterocycles. The quantitative estimate of drug-likeness (QED) is 0.892. The summed E-state index contributed by atoms with van der Waals surface area (Å²) >= 11 is 0. The molecule has 3 atom stereocenters. The average molecular weight is 312 g/mol. The normalized spacial score (nSPS) is 33.4. The smallest absolute Gasteiger partial charge is 0.243 e. The fourth-order valence-corrected chi connectivity index (χ4v) is 4.43. The predicted octanol–water partition coefficient (Wildman–Crippen LogP) is 4.13. The van der Waals surface area contributed by atoms with Gasteiger partial charge in [0.25, 0.3) is 0 Å². The summed E-state index contributed by atoms with van der Waals surface area (Å²) in [6.07, 6.45) is 13.1. The zero-order valence-corrected chi connectivity index (χ0v) is 13.4. The van der Waals surface area contributed by atoms with Crippen molar-refractivity contribution in [3.05, 3.63) is 11.7 Å². The SMILES string of the molecule is C1CCC(c2noc(C3CC4CCCCC4N3)n2)CC1.Cl. The fraction of sp³-hybridized carbons (Fsp3) is 0.875. The molecule has 1 N–H and O–H groups in total. The second-order valence-electron chi connectivity index (χ2n) is 6.93. The lowest BCUT2D eigenvalue weighted by Crippen LogP contribution is -2.30. The minimum atomic E-state index is 0. The van der Waals surface area contributed by atoms with Crippen LogP contribution in [0.3, 0.4) is 0 Å². The van der Waals surface area contributed by atoms with Crippen molar-refractivity contribution in [2.75, 3.05) is 0 Å². The number of hydrogen-bond donors (Lipinski definition) is 1. The molecular formula is C16H26ClN3O. The summed E-state index contributed by atoms with van der Waals surface area (Å²) in [5.74, 6) is 3.19. The Morgan fingerprint density at radius 2 is 1.71 bits per heavy atom. The Kier molecular flexibility index (Phi) is 4.85. The molecule has 1 aliphatic heterocycles. The van der Waals surface area contributed by atoms with Gasteiger partial charge in [-0.05, 0) is 38.0 Å². The first kappa shape index (κ1) is 15.3. The van der Waals surface area contributed by atoms with E-state index in [1.165, 1.54) is 64.2 Å². The summed E-state index contributed by atoms with van der Waals surface area (Å²) in [5, 5.41) is 8.00. The standard InChI is InChI=1S/C16H25N3O.ClH/c1-2-6-11(7-3-1)15-18-16(20-19-15)14-10-12-8-4-5-9-13(12)17-14;/h11-14,17H,1-10H2;1H. The summed E-state index contributed by atoms with van der Waals surface area (Å²) in [7, 11) is 0. The van der Waals surface area contributed by atoms with Crippen molar-refractivity contribution in [1.29, 1.82) is 0 Å². The molecule has 21 heavy (non-hydrogen) atoms. The molecule has 3 aliphatic rings. The number of fused-ring (bicyclic) bond motifs is 1. The van der Waals surface area contributed by atoms with Gasteiger partial charge in [0.2, 0.25) is 5.89 Å². The molecule has 0 spiro atoms. The molecule has 2 aliphatic carbocycles. The van der Waals surface area contributed by atoms with Gasteiger partial charge in [-0.2, -0.15) is 4.98 Å². The summed E-state index contributed by atoms with van der Waals surface area (Å²) < 4.78 is 5.58. The van der Waals surface area contributed by atoms with Gasteiger partial charge in [0.1, 0.15) is 0 Å². The van der Waals surface area contributed by atoms with Gasteiger partial charge in [-0.1, -0.05) is 37.3 Å². The second-order valence-corrected chi connectivity index (χ2v) is 6.93. The lowest BCUT2D eigenvalue weighted by molar-refractivity contribution is 0.323. The van der Waals surface area contributed by atoms with Crippen LogP contribution in [0.5, 0.6) is 0 Å². The van der Waals surface area contributed by atoms with E-state index in [9.17, 15) is 0 Å². The molecule has 4 rings (SSSR count). The van der Waals surface area contributed by atoms with Crippen LogP contribution in [0.4, 0.5) is 0 Å². The maximum absolute atomic E-state index is 5.58. The Balaban J connectivity index is 0.00000132. The van der Waals surface area contributed by atoms with E-state index in [1.807, 2.05) is 0 Å². The Morgan fingerprint density at radius 1 is 0.952 bits per heavy atom. The minimum Gasteiger partial charge on any atom is -0.338 e. The number of nitrogens with zero attached hydrogens (tertiary/aromatic N) is 2. The number of nitrogens with one attached hydrogen (secondary N) is 1. The Morgan fingerprint density at radius 3 is 2.52 bits per heavy atom. The summed E-state index contributed by atoms with van der Waals surface area (Å²) in [6, 6.07) is 1.01. The zero-order chi connectivity index (χ0) is 13.4. The van der Waals surface area contributed by atoms with Crippen LogP contribution < -0.4 is 5.32 Å². The number of halogens is 1. The van der Waals surface area contributed by atoms with Crippen molar-refractivity contribution < 1.29 is 4.52 Å². The third kappa shape index (κ3) is 3.11. The van der Waals surface area contributed by atoms with Gasteiger partial charge in [-0.15, -0.1) is 12.4 Å². The van der Waals surface area contributed by atoms with Gasteiger partial charge >= 0.3 is 0 Å². The number of hydrogen-bond acceptors (Lipinski definition) is 4. The second kappa shape index (κ2) is 6.66. The first-order chi connectivity index (χ1) is 9.90. The first-order valence-corrected chi connectivity index (χ1v) is 8.50. The lowest BCUT2D eigenvalue weighted by Gasteiger charge is -2.24. The molecule has 1 saturated heterocycles. The van der Waals surface area contributed by atoms with E-state index in [2.05, 4.69) is 10.5 Å². The van der Waals surface area contributed by atoms with Crippen molar-refractivity contribution >= 4 is 12.4 Å². The Hall–Kier alpha value is -0.610. The third-order valence-corrected chi connectivity index (χ3v) is 5.59. The molecule has 0 radical (unpaired) electrons. The Bertz CT molecular complexity index is 444. The summed E-state index contributed by atoms with van der Waals surface area (Å²) in [6.45, 7) is 0. The topological polar surface area (TPSA) is 51.0 Å². The van der Waals surface area contributed by atoms with Crippen molar-refractivity contribution in [2.45, 2.75) is 82.2 Å². The Labute approximate surface area is 132 Å². The van der Waals surface area contributed by atoms with E-state index in [4.69, 9.17) is 9.51 Å². The molecule has 0 bridgehead atoms. The molecular weight excluding hydrogens is 286 g/mol. The number of aromatic nitrogens is 2. The van der Waals surface area contributed by atoms with Crippen molar-refractivity contribution in [2.24, 2.45) is 5.92 Å². The zero-order valence-electron chi connectivity index (χ0n) is 12.6. The molecule has 1 aromatic rings. The van der Waals surface area contributed by atoms with Gasteiger partial charge in [-0.3, -0.25) is 0 Å². The maximum atomic E-state index is 5.58. The third-order valence-electron chi connectivity index (χ3n) is 5.59. The predicted molar refractivity (Wildman–Crippen MR) is 83.6 cm³/mol. The largest absolute Gasteiger partial charge is 0.338 e. The van der Waals surface area contributed by atoms with Crippen LogP contribution in [-0.4, -0.2) is 16.2 Å². The van der Waals surface area contributed by atoms with Crippen molar-refractivity contribution in [3.63, 3.8) is 0 Å². The van der Waals surface area contributed by atoms with Gasteiger partial charge in [0.05, 0.1) is 6.04 Å². The van der Waals surface area contributed by atoms with Gasteiger partial charge in [0, 0.05) is 12.0 Å². The van der Waals surface area contributed by atoms with E-state index in [1.54, 1.807) is 0 Å². The van der Waals surface area contributed by atoms with Crippen LogP contribution in [0, 0.1) is 5.92 Å². The highest BCUT2D eigenvalue weighted by Gasteiger charge is 2.38. The molecule has 3 fully saturated rings. The molecule has 0 aromatic carbocycles. The molecule has 118 valence electrons. The van der Waals surface area contributed by atoms with Crippen LogP contribution >= 0.6 is 12.4 Å². The number of rotatable bonds is 2. The molecule has 4 nitrogen and oxygen atoms in total. The first-order valence-electron chi connectivity index (χ1n) is 8.50. The van der Waals surface area contributed by atoms with Crippen LogP contribution in [0.15, 0.2) is 4.52 Å². The van der Waals surface area contributed by atoms with Gasteiger partial charge in [-0.25, -0.2) is 0 Å². The molecule has 0 amide bonds. The van der Waals surface area contributed by atoms with E-state index in [-0.39, 0.29) is 12.4 Å². The van der Waals surface area contributed by atoms with Gasteiger partial charge in [0.15, 0.2) is 5.82 Å². The summed E-state index contributed by atoms with van der Waals surface area (Å²) in [5.41, 5.74) is 0. The van der Waals surface area contributed by atoms with Crippen LogP contribution in [0.25, 0.3) is 0 Å². The van der Waals surface area contributed by atoms with E-state index in [0.29, 0.717) is 18.0 Å².